The van der Waals surface area contributed by atoms with Crippen LogP contribution in [0.4, 0.5) is 4.79 Å². The molecule has 0 bridgehead atoms. The summed E-state index contributed by atoms with van der Waals surface area (Å²) in [7, 11) is 0. The minimum absolute atomic E-state index is 0.289. The maximum Gasteiger partial charge on any atom is 0.408 e. The van der Waals surface area contributed by atoms with E-state index >= 15 is 0 Å². The number of hydrogen-bond acceptors (Lipinski definition) is 5. The number of carbonyl (C=O) groups is 2. The molecule has 0 aromatic heterocycles. The molecule has 2 rings (SSSR count). The Labute approximate surface area is 176 Å². The molecule has 0 spiro atoms. The molecule has 0 saturated heterocycles. The van der Waals surface area contributed by atoms with Gasteiger partial charge < -0.3 is 19.9 Å². The van der Waals surface area contributed by atoms with Gasteiger partial charge in [-0.15, -0.1) is 0 Å². The monoisotopic (exact) mass is 409 g/mol. The van der Waals surface area contributed by atoms with Crippen LogP contribution in [0.2, 0.25) is 0 Å². The van der Waals surface area contributed by atoms with Crippen molar-refractivity contribution in [3.05, 3.63) is 83.9 Å². The van der Waals surface area contributed by atoms with E-state index in [1.807, 2.05) is 54.6 Å². The Kier molecular flexibility index (Phi) is 8.38. The van der Waals surface area contributed by atoms with Gasteiger partial charge in [0, 0.05) is 5.56 Å². The van der Waals surface area contributed by atoms with E-state index in [9.17, 15) is 14.7 Å². The first-order chi connectivity index (χ1) is 14.3. The normalized spacial score (nSPS) is 13.0. The van der Waals surface area contributed by atoms with Gasteiger partial charge in [0.05, 0.1) is 6.61 Å². The van der Waals surface area contributed by atoms with Crippen LogP contribution >= 0.6 is 0 Å². The van der Waals surface area contributed by atoms with Crippen molar-refractivity contribution >= 4 is 23.9 Å². The molecular weight excluding hydrogens is 382 g/mol. The van der Waals surface area contributed by atoms with E-state index in [0.29, 0.717) is 5.56 Å². The van der Waals surface area contributed by atoms with Crippen molar-refractivity contribution in [1.29, 1.82) is 0 Å². The van der Waals surface area contributed by atoms with Crippen molar-refractivity contribution in [2.75, 3.05) is 6.61 Å². The van der Waals surface area contributed by atoms with E-state index in [4.69, 9.17) is 9.47 Å². The van der Waals surface area contributed by atoms with Crippen LogP contribution in [0.25, 0.3) is 11.8 Å². The van der Waals surface area contributed by atoms with Crippen molar-refractivity contribution in [3.8, 4) is 0 Å². The summed E-state index contributed by atoms with van der Waals surface area (Å²) < 4.78 is 10.6. The van der Waals surface area contributed by atoms with Crippen molar-refractivity contribution in [1.82, 2.24) is 5.32 Å². The first-order valence-electron chi connectivity index (χ1n) is 9.59. The number of aliphatic hydroxyl groups excluding tert-OH is 1. The van der Waals surface area contributed by atoms with Gasteiger partial charge in [-0.1, -0.05) is 72.8 Å². The fourth-order valence-electron chi connectivity index (χ4n) is 2.41. The van der Waals surface area contributed by atoms with Crippen LogP contribution in [-0.4, -0.2) is 35.4 Å². The number of ether oxygens (including phenoxy) is 2. The molecule has 2 aromatic rings. The molecule has 6 nitrogen and oxygen atoms in total. The van der Waals surface area contributed by atoms with Crippen molar-refractivity contribution in [2.45, 2.75) is 32.4 Å². The van der Waals surface area contributed by atoms with E-state index < -0.39 is 30.3 Å². The third kappa shape index (κ3) is 7.93. The zero-order valence-electron chi connectivity index (χ0n) is 17.4. The fraction of sp³-hybridized carbons (Fsp3) is 0.250. The number of hydrogen-bond donors (Lipinski definition) is 2. The van der Waals surface area contributed by atoms with E-state index in [-0.39, 0.29) is 5.76 Å². The van der Waals surface area contributed by atoms with Gasteiger partial charge in [-0.3, -0.25) is 0 Å². The molecule has 0 aliphatic heterocycles. The summed E-state index contributed by atoms with van der Waals surface area (Å²) in [6, 6.07) is 17.5. The number of allylic oxidation sites excluding steroid dienone is 2. The molecule has 0 heterocycles. The second kappa shape index (κ2) is 11.0. The summed E-state index contributed by atoms with van der Waals surface area (Å²) in [6.45, 7) is 4.48. The van der Waals surface area contributed by atoms with E-state index in [1.54, 1.807) is 45.1 Å². The quantitative estimate of drug-likeness (QED) is 0.407. The molecule has 158 valence electrons. The lowest BCUT2D eigenvalue weighted by atomic mass is 10.1. The first-order valence-corrected chi connectivity index (χ1v) is 9.59. The maximum absolute atomic E-state index is 12.6. The Balaban J connectivity index is 2.16. The number of aliphatic hydroxyl groups is 1. The predicted octanol–water partition coefficient (Wildman–Crippen LogP) is 4.17. The lowest BCUT2D eigenvalue weighted by molar-refractivity contribution is -0.140. The second-order valence-electron chi connectivity index (χ2n) is 7.47. The molecule has 2 aromatic carbocycles. The van der Waals surface area contributed by atoms with Gasteiger partial charge in [-0.25, -0.2) is 9.59 Å². The Morgan fingerprint density at radius 2 is 1.63 bits per heavy atom. The van der Waals surface area contributed by atoms with Crippen molar-refractivity contribution < 1.29 is 24.2 Å². The SMILES string of the molecule is CC(C)(C)OC(=O)NC(CO)C(=O)O/C(=C/C=C/c1ccccc1)c1ccccc1. The lowest BCUT2D eigenvalue weighted by Crippen LogP contribution is -2.46. The van der Waals surface area contributed by atoms with Gasteiger partial charge in [0.2, 0.25) is 0 Å². The highest BCUT2D eigenvalue weighted by Gasteiger charge is 2.26. The highest BCUT2D eigenvalue weighted by atomic mass is 16.6. The number of benzene rings is 2. The molecule has 0 radical (unpaired) electrons. The summed E-state index contributed by atoms with van der Waals surface area (Å²) in [4.78, 5) is 24.5. The van der Waals surface area contributed by atoms with Crippen LogP contribution in [0.15, 0.2) is 72.8 Å². The standard InChI is InChI=1S/C24H27NO5/c1-24(2,3)30-23(28)25-20(17-26)22(27)29-21(19-14-8-5-9-15-19)16-10-13-18-11-6-4-7-12-18/h4-16,20,26H,17H2,1-3H3,(H,25,28)/b13-10+,21-16+. The molecule has 6 heteroatoms. The van der Waals surface area contributed by atoms with E-state index in [1.165, 1.54) is 0 Å². The number of carbonyl (C=O) groups excluding carboxylic acids is 2. The molecule has 1 unspecified atom stereocenters. The number of amides is 1. The Morgan fingerprint density at radius 3 is 2.20 bits per heavy atom. The molecular formula is C24H27NO5. The number of esters is 1. The average Bonchev–Trinajstić information content (AvgIpc) is 2.71. The number of nitrogens with one attached hydrogen (secondary N) is 1. The molecule has 0 aliphatic rings. The zero-order valence-corrected chi connectivity index (χ0v) is 17.4. The van der Waals surface area contributed by atoms with Crippen LogP contribution in [-0.2, 0) is 14.3 Å². The highest BCUT2D eigenvalue weighted by molar-refractivity contribution is 5.86. The van der Waals surface area contributed by atoms with Crippen LogP contribution < -0.4 is 5.32 Å². The third-order valence-electron chi connectivity index (χ3n) is 3.76. The minimum Gasteiger partial charge on any atom is -0.444 e. The van der Waals surface area contributed by atoms with E-state index in [0.717, 1.165) is 5.56 Å². The summed E-state index contributed by atoms with van der Waals surface area (Å²) in [5.41, 5.74) is 0.940. The summed E-state index contributed by atoms with van der Waals surface area (Å²) in [6.07, 6.45) is 4.48. The average molecular weight is 409 g/mol. The second-order valence-corrected chi connectivity index (χ2v) is 7.47. The highest BCUT2D eigenvalue weighted by Crippen LogP contribution is 2.17. The summed E-state index contributed by atoms with van der Waals surface area (Å²) in [5.74, 6) is -0.510. The molecule has 30 heavy (non-hydrogen) atoms. The van der Waals surface area contributed by atoms with Crippen LogP contribution in [0.1, 0.15) is 31.9 Å². The predicted molar refractivity (Wildman–Crippen MR) is 116 cm³/mol. The molecule has 1 atom stereocenters. The van der Waals surface area contributed by atoms with E-state index in [2.05, 4.69) is 5.32 Å². The van der Waals surface area contributed by atoms with Crippen LogP contribution in [0, 0.1) is 0 Å². The Morgan fingerprint density at radius 1 is 1.03 bits per heavy atom. The van der Waals surface area contributed by atoms with Gasteiger partial charge in [0.25, 0.3) is 0 Å². The smallest absolute Gasteiger partial charge is 0.408 e. The number of rotatable bonds is 7. The van der Waals surface area contributed by atoms with Gasteiger partial charge in [0.1, 0.15) is 11.4 Å². The summed E-state index contributed by atoms with van der Waals surface area (Å²) >= 11 is 0. The van der Waals surface area contributed by atoms with Gasteiger partial charge in [-0.2, -0.15) is 0 Å². The molecule has 0 aliphatic carbocycles. The van der Waals surface area contributed by atoms with Crippen molar-refractivity contribution in [3.63, 3.8) is 0 Å². The first kappa shape index (κ1) is 22.9. The fourth-order valence-corrected chi connectivity index (χ4v) is 2.41. The van der Waals surface area contributed by atoms with Crippen LogP contribution in [0.3, 0.4) is 0 Å². The van der Waals surface area contributed by atoms with Gasteiger partial charge >= 0.3 is 12.1 Å². The maximum atomic E-state index is 12.6. The topological polar surface area (TPSA) is 84.9 Å². The van der Waals surface area contributed by atoms with Gasteiger partial charge in [0.15, 0.2) is 6.04 Å². The summed E-state index contributed by atoms with van der Waals surface area (Å²) in [5, 5.41) is 11.9. The third-order valence-corrected chi connectivity index (χ3v) is 3.76. The molecule has 0 saturated carbocycles. The largest absolute Gasteiger partial charge is 0.444 e. The molecule has 0 fully saturated rings. The van der Waals surface area contributed by atoms with Crippen molar-refractivity contribution in [2.24, 2.45) is 0 Å². The minimum atomic E-state index is -1.26. The zero-order chi connectivity index (χ0) is 22.0. The van der Waals surface area contributed by atoms with Gasteiger partial charge in [-0.05, 0) is 32.4 Å². The Hall–Kier alpha value is -3.38. The molecule has 2 N–H and O–H groups in total. The molecule has 1 amide bonds. The number of alkyl carbamates (subject to hydrolysis) is 1. The van der Waals surface area contributed by atoms with Crippen LogP contribution in [0.5, 0.6) is 0 Å². The lowest BCUT2D eigenvalue weighted by Gasteiger charge is -2.22. The Bertz CT molecular complexity index is 883.